The number of Topliss-reactive ketones (excluding diaryl/α,β-unsaturated/α-hetero) is 2. The molecule has 0 radical (unpaired) electrons. The van der Waals surface area contributed by atoms with E-state index in [1.807, 2.05) is 12.1 Å². The van der Waals surface area contributed by atoms with Gasteiger partial charge in [0.25, 0.3) is 0 Å². The Morgan fingerprint density at radius 1 is 0.850 bits per heavy atom. The highest BCUT2D eigenvalue weighted by Crippen LogP contribution is 2.47. The summed E-state index contributed by atoms with van der Waals surface area (Å²) in [5.41, 5.74) is 0.743. The average molecular weight is 298 g/mol. The van der Waals surface area contributed by atoms with Crippen molar-refractivity contribution in [1.29, 1.82) is 10.5 Å². The third kappa shape index (κ3) is 1.77. The number of fused-ring (bicyclic) bond motifs is 1. The van der Waals surface area contributed by atoms with Gasteiger partial charge >= 0.3 is 0 Å². The summed E-state index contributed by atoms with van der Waals surface area (Å²) in [6.45, 7) is 0. The predicted octanol–water partition coefficient (Wildman–Crippen LogP) is 2.54. The van der Waals surface area contributed by atoms with E-state index in [9.17, 15) is 9.59 Å². The Kier molecular flexibility index (Phi) is 3.13. The minimum Gasteiger partial charge on any atom is -0.288 e. The fourth-order valence-electron chi connectivity index (χ4n) is 2.11. The van der Waals surface area contributed by atoms with Crippen LogP contribution in [-0.2, 0) is 0 Å². The van der Waals surface area contributed by atoms with Crippen LogP contribution in [0.5, 0.6) is 0 Å². The molecule has 0 bridgehead atoms. The van der Waals surface area contributed by atoms with E-state index < -0.39 is 10.5 Å². The summed E-state index contributed by atoms with van der Waals surface area (Å²) in [5, 5.41) is 16.9. The molecule has 1 heterocycles. The Hall–Kier alpha value is -2.02. The second kappa shape index (κ2) is 4.82. The number of nitrogens with zero attached hydrogens (tertiary/aromatic N) is 2. The van der Waals surface area contributed by atoms with Crippen LogP contribution in [0.1, 0.15) is 20.7 Å². The fraction of sp³-hybridized carbons (Fsp3) is 0.143. The van der Waals surface area contributed by atoms with Gasteiger partial charge < -0.3 is 0 Å². The quantitative estimate of drug-likeness (QED) is 0.732. The van der Waals surface area contributed by atoms with Gasteiger partial charge in [0.05, 0.1) is 21.9 Å². The van der Waals surface area contributed by atoms with Crippen molar-refractivity contribution in [3.8, 4) is 12.1 Å². The van der Waals surface area contributed by atoms with E-state index in [-0.39, 0.29) is 11.6 Å². The molecule has 0 saturated carbocycles. The van der Waals surface area contributed by atoms with Crippen LogP contribution < -0.4 is 0 Å². The Morgan fingerprint density at radius 3 is 1.60 bits per heavy atom. The molecule has 1 aromatic carbocycles. The first-order valence-electron chi connectivity index (χ1n) is 5.72. The zero-order valence-corrected chi connectivity index (χ0v) is 11.6. The molecular formula is C14H6N2O2S2. The van der Waals surface area contributed by atoms with Crippen LogP contribution >= 0.6 is 23.5 Å². The van der Waals surface area contributed by atoms with Crippen molar-refractivity contribution >= 4 is 35.1 Å². The summed E-state index contributed by atoms with van der Waals surface area (Å²) in [5.74, 6) is -0.464. The largest absolute Gasteiger partial charge is 0.288 e. The highest BCUT2D eigenvalue weighted by atomic mass is 32.2. The molecule has 0 amide bonds. The van der Waals surface area contributed by atoms with Gasteiger partial charge in [-0.15, -0.1) is 0 Å². The summed E-state index contributed by atoms with van der Waals surface area (Å²) >= 11 is 2.06. The minimum atomic E-state index is -0.634. The van der Waals surface area contributed by atoms with E-state index in [4.69, 9.17) is 10.5 Å². The van der Waals surface area contributed by atoms with E-state index in [1.54, 1.807) is 24.3 Å². The first-order valence-corrected chi connectivity index (χ1v) is 7.48. The molecule has 0 unspecified atom stereocenters. The number of thioether (sulfide) groups is 2. The molecular weight excluding hydrogens is 292 g/mol. The van der Waals surface area contributed by atoms with Crippen molar-refractivity contribution in [2.24, 2.45) is 0 Å². The molecule has 1 aliphatic carbocycles. The van der Waals surface area contributed by atoms with Crippen LogP contribution in [0.4, 0.5) is 0 Å². The van der Waals surface area contributed by atoms with Crippen LogP contribution in [0.25, 0.3) is 0 Å². The second-order valence-electron chi connectivity index (χ2n) is 4.20. The maximum atomic E-state index is 12.4. The number of hydrogen-bond donors (Lipinski definition) is 0. The third-order valence-electron chi connectivity index (χ3n) is 3.05. The topological polar surface area (TPSA) is 81.7 Å². The molecule has 2 aliphatic rings. The molecule has 96 valence electrons. The lowest BCUT2D eigenvalue weighted by Gasteiger charge is -2.28. The van der Waals surface area contributed by atoms with E-state index in [1.165, 1.54) is 0 Å². The Balaban J connectivity index is 2.14. The zero-order valence-electron chi connectivity index (χ0n) is 9.99. The number of carbonyl (C=O) groups is 2. The van der Waals surface area contributed by atoms with Gasteiger partial charge in [-0.1, -0.05) is 47.8 Å². The molecule has 1 aliphatic heterocycles. The molecule has 3 rings (SSSR count). The van der Waals surface area contributed by atoms with Crippen molar-refractivity contribution in [3.05, 3.63) is 45.2 Å². The van der Waals surface area contributed by atoms with Crippen LogP contribution in [-0.4, -0.2) is 22.1 Å². The minimum absolute atomic E-state index is 0.232. The molecule has 0 N–H and O–H groups in total. The van der Waals surface area contributed by atoms with Gasteiger partial charge in [0.1, 0.15) is 10.5 Å². The predicted molar refractivity (Wildman–Crippen MR) is 76.1 cm³/mol. The van der Waals surface area contributed by atoms with Gasteiger partial charge in [-0.25, -0.2) is 0 Å². The van der Waals surface area contributed by atoms with Gasteiger partial charge in [-0.3, -0.25) is 9.59 Å². The molecule has 0 spiro atoms. The second-order valence-corrected chi connectivity index (χ2v) is 6.50. The number of carbonyl (C=O) groups excluding carboxylic acids is 2. The number of nitriles is 2. The standard InChI is InChI=1S/C14H6N2O2S2/c15-5-9-10(6-16)20-14-12(18)8-4-2-1-3-7(8)11(17)13(14)19-9/h1-4,9-10H/t9-,10-/m1/s1. The van der Waals surface area contributed by atoms with Gasteiger partial charge in [-0.05, 0) is 0 Å². The third-order valence-corrected chi connectivity index (χ3v) is 5.87. The van der Waals surface area contributed by atoms with Crippen molar-refractivity contribution < 1.29 is 9.59 Å². The molecule has 1 aromatic rings. The molecule has 4 nitrogen and oxygen atoms in total. The molecule has 0 aromatic heterocycles. The SMILES string of the molecule is N#C[C@H]1SC2=C(S[C@@H]1C#N)C(=O)c1ccccc1C2=O. The lowest BCUT2D eigenvalue weighted by atomic mass is 9.94. The molecule has 6 heteroatoms. The number of hydrogen-bond acceptors (Lipinski definition) is 6. The molecule has 0 fully saturated rings. The van der Waals surface area contributed by atoms with Gasteiger partial charge in [-0.2, -0.15) is 10.5 Å². The first kappa shape index (κ1) is 13.0. The number of benzene rings is 1. The number of ketones is 2. The van der Waals surface area contributed by atoms with Gasteiger partial charge in [0.15, 0.2) is 0 Å². The fourth-order valence-corrected chi connectivity index (χ4v) is 4.55. The first-order chi connectivity index (χ1) is 9.67. The zero-order chi connectivity index (χ0) is 14.3. The monoisotopic (exact) mass is 298 g/mol. The Labute approximate surface area is 123 Å². The normalized spacial score (nSPS) is 24.5. The molecule has 0 saturated heterocycles. The average Bonchev–Trinajstić information content (AvgIpc) is 2.51. The Bertz CT molecular complexity index is 692. The number of rotatable bonds is 0. The van der Waals surface area contributed by atoms with E-state index in [2.05, 4.69) is 0 Å². The smallest absolute Gasteiger partial charge is 0.201 e. The van der Waals surface area contributed by atoms with Crippen LogP contribution in [0.2, 0.25) is 0 Å². The van der Waals surface area contributed by atoms with Crippen LogP contribution in [0.15, 0.2) is 34.1 Å². The maximum absolute atomic E-state index is 12.4. The summed E-state index contributed by atoms with van der Waals surface area (Å²) in [7, 11) is 0. The van der Waals surface area contributed by atoms with E-state index in [0.29, 0.717) is 20.9 Å². The highest BCUT2D eigenvalue weighted by molar-refractivity contribution is 8.12. The highest BCUT2D eigenvalue weighted by Gasteiger charge is 2.41. The maximum Gasteiger partial charge on any atom is 0.201 e. The van der Waals surface area contributed by atoms with Crippen LogP contribution in [0.3, 0.4) is 0 Å². The van der Waals surface area contributed by atoms with Gasteiger partial charge in [0.2, 0.25) is 11.6 Å². The Morgan fingerprint density at radius 2 is 1.25 bits per heavy atom. The van der Waals surface area contributed by atoms with Crippen LogP contribution in [0, 0.1) is 22.7 Å². The van der Waals surface area contributed by atoms with Gasteiger partial charge in [0, 0.05) is 11.1 Å². The summed E-state index contributed by atoms with van der Waals surface area (Å²) in [4.78, 5) is 25.4. The van der Waals surface area contributed by atoms with Crippen molar-refractivity contribution in [1.82, 2.24) is 0 Å². The lowest BCUT2D eigenvalue weighted by molar-refractivity contribution is 0.0988. The van der Waals surface area contributed by atoms with E-state index >= 15 is 0 Å². The lowest BCUT2D eigenvalue weighted by Crippen LogP contribution is -2.29. The van der Waals surface area contributed by atoms with Crippen molar-refractivity contribution in [2.45, 2.75) is 10.5 Å². The molecule has 2 atom stereocenters. The molecule has 20 heavy (non-hydrogen) atoms. The summed E-state index contributed by atoms with van der Waals surface area (Å²) in [6.07, 6.45) is 0. The van der Waals surface area contributed by atoms with E-state index in [0.717, 1.165) is 23.5 Å². The van der Waals surface area contributed by atoms with Crippen molar-refractivity contribution in [3.63, 3.8) is 0 Å². The summed E-state index contributed by atoms with van der Waals surface area (Å²) < 4.78 is 0. The number of allylic oxidation sites excluding steroid dienone is 2. The van der Waals surface area contributed by atoms with Crippen molar-refractivity contribution in [2.75, 3.05) is 0 Å². The summed E-state index contributed by atoms with van der Waals surface area (Å²) in [6, 6.07) is 10.7.